The van der Waals surface area contributed by atoms with Crippen molar-refractivity contribution in [1.82, 2.24) is 10.2 Å². The summed E-state index contributed by atoms with van der Waals surface area (Å²) in [6.07, 6.45) is 0. The number of nitrogens with zero attached hydrogens (tertiary/aromatic N) is 1. The lowest BCUT2D eigenvalue weighted by Crippen LogP contribution is -2.41. The van der Waals surface area contributed by atoms with Crippen LogP contribution in [0.1, 0.15) is 4.88 Å². The van der Waals surface area contributed by atoms with Gasteiger partial charge < -0.3 is 10.1 Å². The number of hydrogen-bond donors (Lipinski definition) is 1. The molecule has 0 aliphatic carbocycles. The third kappa shape index (κ3) is 2.69. The molecular formula is C16H18N2O2S. The highest BCUT2D eigenvalue weighted by atomic mass is 32.1. The molecule has 2 atom stereocenters. The highest BCUT2D eigenvalue weighted by Gasteiger charge is 2.33. The monoisotopic (exact) mass is 302 g/mol. The number of ether oxygens (including phenoxy) is 1. The molecule has 2 aromatic rings. The predicted octanol–water partition coefficient (Wildman–Crippen LogP) is 1.85. The predicted molar refractivity (Wildman–Crippen MR) is 83.3 cm³/mol. The Labute approximate surface area is 127 Å². The maximum atomic E-state index is 12.0. The van der Waals surface area contributed by atoms with Crippen LogP contribution in [-0.2, 0) is 16.1 Å². The number of carbonyl (C=O) groups is 1. The molecular weight excluding hydrogens is 284 g/mol. The number of rotatable bonds is 2. The van der Waals surface area contributed by atoms with Gasteiger partial charge in [-0.2, -0.15) is 0 Å². The number of carbonyl (C=O) groups excluding carboxylic acids is 1. The Morgan fingerprint density at radius 2 is 2.19 bits per heavy atom. The van der Waals surface area contributed by atoms with Crippen molar-refractivity contribution in [2.24, 2.45) is 5.92 Å². The Morgan fingerprint density at radius 3 is 3.10 bits per heavy atom. The normalized spacial score (nSPS) is 26.6. The van der Waals surface area contributed by atoms with E-state index in [0.29, 0.717) is 13.2 Å². The van der Waals surface area contributed by atoms with E-state index in [1.165, 1.54) is 15.0 Å². The fourth-order valence-electron chi connectivity index (χ4n) is 3.19. The van der Waals surface area contributed by atoms with E-state index in [1.807, 2.05) is 11.3 Å². The van der Waals surface area contributed by atoms with Gasteiger partial charge in [0.25, 0.3) is 0 Å². The zero-order valence-corrected chi connectivity index (χ0v) is 12.6. The van der Waals surface area contributed by atoms with E-state index in [0.717, 1.165) is 19.6 Å². The lowest BCUT2D eigenvalue weighted by atomic mass is 10.1. The Kier molecular flexibility index (Phi) is 3.41. The third-order valence-electron chi connectivity index (χ3n) is 4.17. The molecule has 4 nitrogen and oxygen atoms in total. The molecule has 1 aromatic carbocycles. The number of hydrogen-bond acceptors (Lipinski definition) is 4. The van der Waals surface area contributed by atoms with E-state index in [1.54, 1.807) is 0 Å². The van der Waals surface area contributed by atoms with Crippen LogP contribution in [0.25, 0.3) is 10.1 Å². The molecule has 5 heteroatoms. The quantitative estimate of drug-likeness (QED) is 0.920. The smallest absolute Gasteiger partial charge is 0.227 e. The molecule has 0 spiro atoms. The molecule has 2 saturated heterocycles. The topological polar surface area (TPSA) is 41.6 Å². The third-order valence-corrected chi connectivity index (χ3v) is 5.27. The van der Waals surface area contributed by atoms with Gasteiger partial charge in [-0.15, -0.1) is 11.3 Å². The molecule has 0 saturated carbocycles. The average Bonchev–Trinajstić information content (AvgIpc) is 2.69. The van der Waals surface area contributed by atoms with Gasteiger partial charge in [0.15, 0.2) is 0 Å². The van der Waals surface area contributed by atoms with Crippen LogP contribution in [-0.4, -0.2) is 43.2 Å². The average molecular weight is 302 g/mol. The first-order valence-electron chi connectivity index (χ1n) is 7.36. The van der Waals surface area contributed by atoms with Gasteiger partial charge in [-0.25, -0.2) is 0 Å². The first-order chi connectivity index (χ1) is 10.3. The van der Waals surface area contributed by atoms with E-state index in [-0.39, 0.29) is 17.9 Å². The minimum atomic E-state index is -0.0353. The summed E-state index contributed by atoms with van der Waals surface area (Å²) in [6.45, 7) is 3.75. The van der Waals surface area contributed by atoms with Crippen LogP contribution >= 0.6 is 11.3 Å². The van der Waals surface area contributed by atoms with Crippen molar-refractivity contribution in [3.05, 3.63) is 35.2 Å². The first kappa shape index (κ1) is 13.2. The van der Waals surface area contributed by atoms with Crippen molar-refractivity contribution in [3.63, 3.8) is 0 Å². The van der Waals surface area contributed by atoms with E-state index in [4.69, 9.17) is 4.74 Å². The standard InChI is InChI=1S/C16H18N2O2S/c19-16-12-6-18(7-13(17-16)10-20-9-12)8-14-5-11-3-1-2-4-15(11)21-14/h1-5,12-13H,6-10H2,(H,17,19)/t12-,13+/m1/s1. The van der Waals surface area contributed by atoms with Crippen LogP contribution in [0.3, 0.4) is 0 Å². The Morgan fingerprint density at radius 1 is 1.29 bits per heavy atom. The van der Waals surface area contributed by atoms with E-state index in [9.17, 15) is 4.79 Å². The number of benzene rings is 1. The lowest BCUT2D eigenvalue weighted by Gasteiger charge is -2.26. The molecule has 2 aliphatic heterocycles. The maximum absolute atomic E-state index is 12.0. The molecule has 0 radical (unpaired) electrons. The first-order valence-corrected chi connectivity index (χ1v) is 8.17. The number of thiophene rings is 1. The van der Waals surface area contributed by atoms with E-state index < -0.39 is 0 Å². The molecule has 2 aliphatic rings. The van der Waals surface area contributed by atoms with Crippen molar-refractivity contribution in [2.75, 3.05) is 26.3 Å². The second-order valence-corrected chi connectivity index (χ2v) is 7.05. The molecule has 21 heavy (non-hydrogen) atoms. The molecule has 110 valence electrons. The highest BCUT2D eigenvalue weighted by molar-refractivity contribution is 7.19. The summed E-state index contributed by atoms with van der Waals surface area (Å²) in [5.41, 5.74) is 0. The van der Waals surface area contributed by atoms with Crippen molar-refractivity contribution in [3.8, 4) is 0 Å². The van der Waals surface area contributed by atoms with Gasteiger partial charge in [-0.05, 0) is 17.5 Å². The molecule has 0 unspecified atom stereocenters. The molecule has 3 heterocycles. The van der Waals surface area contributed by atoms with Crippen LogP contribution in [0.2, 0.25) is 0 Å². The van der Waals surface area contributed by atoms with E-state index >= 15 is 0 Å². The fraction of sp³-hybridized carbons (Fsp3) is 0.438. The van der Waals surface area contributed by atoms with Crippen LogP contribution in [0.4, 0.5) is 0 Å². The van der Waals surface area contributed by atoms with Gasteiger partial charge >= 0.3 is 0 Å². The van der Waals surface area contributed by atoms with Crippen molar-refractivity contribution < 1.29 is 9.53 Å². The van der Waals surface area contributed by atoms with Crippen LogP contribution < -0.4 is 5.32 Å². The van der Waals surface area contributed by atoms with Gasteiger partial charge in [-0.1, -0.05) is 18.2 Å². The van der Waals surface area contributed by atoms with Gasteiger partial charge in [0.2, 0.25) is 5.91 Å². The lowest BCUT2D eigenvalue weighted by molar-refractivity contribution is -0.125. The molecule has 1 aromatic heterocycles. The molecule has 1 N–H and O–H groups in total. The van der Waals surface area contributed by atoms with Gasteiger partial charge in [0, 0.05) is 29.2 Å². The Balaban J connectivity index is 1.55. The minimum Gasteiger partial charge on any atom is -0.378 e. The van der Waals surface area contributed by atoms with Gasteiger partial charge in [0.1, 0.15) is 0 Å². The molecule has 2 bridgehead atoms. The number of amides is 1. The second kappa shape index (κ2) is 5.40. The summed E-state index contributed by atoms with van der Waals surface area (Å²) < 4.78 is 6.90. The van der Waals surface area contributed by atoms with Crippen LogP contribution in [0.5, 0.6) is 0 Å². The molecule has 4 rings (SSSR count). The van der Waals surface area contributed by atoms with Crippen molar-refractivity contribution in [2.45, 2.75) is 12.6 Å². The summed E-state index contributed by atoms with van der Waals surface area (Å²) in [5.74, 6) is 0.114. The summed E-state index contributed by atoms with van der Waals surface area (Å²) in [4.78, 5) is 15.8. The van der Waals surface area contributed by atoms with Crippen molar-refractivity contribution >= 4 is 27.3 Å². The Hall–Kier alpha value is -1.43. The largest absolute Gasteiger partial charge is 0.378 e. The fourth-order valence-corrected chi connectivity index (χ4v) is 4.29. The second-order valence-electron chi connectivity index (χ2n) is 5.88. The van der Waals surface area contributed by atoms with Gasteiger partial charge in [0.05, 0.1) is 25.2 Å². The maximum Gasteiger partial charge on any atom is 0.227 e. The zero-order chi connectivity index (χ0) is 14.2. The number of fused-ring (bicyclic) bond motifs is 4. The minimum absolute atomic E-state index is 0.0353. The highest BCUT2D eigenvalue weighted by Crippen LogP contribution is 2.27. The number of nitrogens with one attached hydrogen (secondary N) is 1. The molecule has 2 fully saturated rings. The summed E-state index contributed by atoms with van der Waals surface area (Å²) in [7, 11) is 0. The van der Waals surface area contributed by atoms with Crippen LogP contribution in [0, 0.1) is 5.92 Å². The van der Waals surface area contributed by atoms with Crippen LogP contribution in [0.15, 0.2) is 30.3 Å². The van der Waals surface area contributed by atoms with Crippen molar-refractivity contribution in [1.29, 1.82) is 0 Å². The summed E-state index contributed by atoms with van der Waals surface area (Å²) >= 11 is 1.85. The van der Waals surface area contributed by atoms with E-state index in [2.05, 4.69) is 40.5 Å². The van der Waals surface area contributed by atoms with Gasteiger partial charge in [-0.3, -0.25) is 9.69 Å². The summed E-state index contributed by atoms with van der Waals surface area (Å²) in [5, 5.41) is 4.39. The summed E-state index contributed by atoms with van der Waals surface area (Å²) in [6, 6.07) is 10.9. The molecule has 1 amide bonds. The Bertz CT molecular complexity index is 636. The zero-order valence-electron chi connectivity index (χ0n) is 11.7. The SMILES string of the molecule is O=C1N[C@@H]2COC[C@H]1CN(Cc1cc3ccccc3s1)C2.